The van der Waals surface area contributed by atoms with Gasteiger partial charge in [0.25, 0.3) is 0 Å². The normalized spacial score (nSPS) is 14.0. The monoisotopic (exact) mass is 370 g/mol. The Hall–Kier alpha value is -2.96. The van der Waals surface area contributed by atoms with Crippen LogP contribution in [0.3, 0.4) is 0 Å². The second kappa shape index (κ2) is 7.34. The van der Waals surface area contributed by atoms with E-state index in [9.17, 15) is 14.4 Å². The number of Topliss-reactive ketones (excluding diaryl/α,β-unsaturated/α-hetero) is 1. The van der Waals surface area contributed by atoms with Crippen LogP contribution in [0.5, 0.6) is 0 Å². The Morgan fingerprint density at radius 1 is 1.33 bits per heavy atom. The number of carbonyl (C=O) groups excluding carboxylic acids is 3. The Kier molecular flexibility index (Phi) is 5.12. The number of anilines is 1. The molecule has 0 bridgehead atoms. The highest BCUT2D eigenvalue weighted by Gasteiger charge is 2.28. The zero-order valence-corrected chi connectivity index (χ0v) is 15.9. The predicted octanol–water partition coefficient (Wildman–Crippen LogP) is 2.88. The van der Waals surface area contributed by atoms with Crippen molar-refractivity contribution in [2.24, 2.45) is 0 Å². The van der Waals surface area contributed by atoms with Crippen molar-refractivity contribution >= 4 is 23.3 Å². The van der Waals surface area contributed by atoms with Crippen molar-refractivity contribution in [1.29, 1.82) is 0 Å². The zero-order chi connectivity index (χ0) is 19.7. The van der Waals surface area contributed by atoms with E-state index in [0.717, 1.165) is 11.3 Å². The molecule has 1 aliphatic heterocycles. The van der Waals surface area contributed by atoms with Crippen LogP contribution in [-0.2, 0) is 22.4 Å². The van der Waals surface area contributed by atoms with Crippen LogP contribution in [0.15, 0.2) is 22.7 Å². The number of nitrogens with zero attached hydrogens (tertiary/aromatic N) is 2. The number of aryl methyl sites for hydroxylation is 2. The summed E-state index contributed by atoms with van der Waals surface area (Å²) in [6.45, 7) is 7.17. The highest BCUT2D eigenvalue weighted by atomic mass is 16.5. The Labute approximate surface area is 157 Å². The molecule has 7 nitrogen and oxygen atoms in total. The summed E-state index contributed by atoms with van der Waals surface area (Å²) in [5.41, 5.74) is 3.02. The molecule has 0 fully saturated rings. The molecule has 3 rings (SSSR count). The summed E-state index contributed by atoms with van der Waals surface area (Å²) in [5, 5.41) is 3.83. The largest absolute Gasteiger partial charge is 0.451 e. The summed E-state index contributed by atoms with van der Waals surface area (Å²) in [6.07, 6.45) is 0.283. The van der Waals surface area contributed by atoms with Crippen molar-refractivity contribution in [2.75, 3.05) is 11.4 Å². The van der Waals surface area contributed by atoms with Gasteiger partial charge >= 0.3 is 5.97 Å². The molecule has 1 atom stereocenters. The lowest BCUT2D eigenvalue weighted by atomic mass is 10.0. The van der Waals surface area contributed by atoms with E-state index in [1.807, 2.05) is 6.92 Å². The molecule has 0 radical (unpaired) electrons. The number of carbonyl (C=O) groups is 3. The van der Waals surface area contributed by atoms with Crippen LogP contribution in [0, 0.1) is 6.92 Å². The van der Waals surface area contributed by atoms with Crippen molar-refractivity contribution in [2.45, 2.75) is 46.6 Å². The smallest absolute Gasteiger partial charge is 0.344 e. The quantitative estimate of drug-likeness (QED) is 0.594. The molecule has 1 aromatic heterocycles. The third-order valence-electron chi connectivity index (χ3n) is 4.77. The van der Waals surface area contributed by atoms with E-state index in [1.54, 1.807) is 36.9 Å². The van der Waals surface area contributed by atoms with Crippen molar-refractivity contribution in [3.8, 4) is 0 Å². The average Bonchev–Trinajstić information content (AvgIpc) is 3.23. The van der Waals surface area contributed by atoms with E-state index >= 15 is 0 Å². The number of ether oxygens (including phenoxy) is 1. The molecule has 2 heterocycles. The lowest BCUT2D eigenvalue weighted by molar-refractivity contribution is -0.116. The van der Waals surface area contributed by atoms with Gasteiger partial charge in [0.1, 0.15) is 11.3 Å². The van der Waals surface area contributed by atoms with Crippen LogP contribution >= 0.6 is 0 Å². The second-order valence-corrected chi connectivity index (χ2v) is 6.59. The zero-order valence-electron chi connectivity index (χ0n) is 15.9. The van der Waals surface area contributed by atoms with Gasteiger partial charge in [-0.15, -0.1) is 0 Å². The molecule has 1 aliphatic rings. The first-order chi connectivity index (χ1) is 12.8. The molecule has 0 aliphatic carbocycles. The molecule has 1 unspecified atom stereocenters. The number of rotatable bonds is 5. The maximum atomic E-state index is 12.7. The van der Waals surface area contributed by atoms with E-state index in [4.69, 9.17) is 9.26 Å². The number of esters is 1. The Bertz CT molecular complexity index is 915. The van der Waals surface area contributed by atoms with Crippen molar-refractivity contribution in [3.63, 3.8) is 0 Å². The number of ketones is 1. The first-order valence-corrected chi connectivity index (χ1v) is 8.94. The van der Waals surface area contributed by atoms with Crippen LogP contribution in [0.25, 0.3) is 0 Å². The minimum absolute atomic E-state index is 0.0223. The van der Waals surface area contributed by atoms with Crippen LogP contribution in [0.1, 0.15) is 58.5 Å². The third-order valence-corrected chi connectivity index (χ3v) is 4.77. The van der Waals surface area contributed by atoms with Crippen molar-refractivity contribution in [3.05, 3.63) is 46.3 Å². The van der Waals surface area contributed by atoms with Crippen LogP contribution in [0.2, 0.25) is 0 Å². The number of amides is 1. The highest BCUT2D eigenvalue weighted by molar-refractivity contribution is 6.03. The molecule has 1 amide bonds. The van der Waals surface area contributed by atoms with E-state index in [1.165, 1.54) is 6.92 Å². The molecule has 2 aromatic rings. The first-order valence-electron chi connectivity index (χ1n) is 8.94. The fourth-order valence-electron chi connectivity index (χ4n) is 3.31. The van der Waals surface area contributed by atoms with Crippen LogP contribution in [-0.4, -0.2) is 35.5 Å². The third kappa shape index (κ3) is 3.49. The topological polar surface area (TPSA) is 89.7 Å². The SMILES string of the molecule is CCc1noc(C)c1C(=O)OC(C)C(=O)c1ccc2c(c1)CCN2C(C)=O. The fourth-order valence-corrected chi connectivity index (χ4v) is 3.31. The summed E-state index contributed by atoms with van der Waals surface area (Å²) < 4.78 is 10.4. The summed E-state index contributed by atoms with van der Waals surface area (Å²) in [6, 6.07) is 5.20. The second-order valence-electron chi connectivity index (χ2n) is 6.59. The van der Waals surface area contributed by atoms with Gasteiger partial charge in [-0.3, -0.25) is 9.59 Å². The molecule has 0 spiro atoms. The van der Waals surface area contributed by atoms with Gasteiger partial charge in [0.05, 0.1) is 5.69 Å². The van der Waals surface area contributed by atoms with Crippen LogP contribution in [0.4, 0.5) is 5.69 Å². The lowest BCUT2D eigenvalue weighted by Crippen LogP contribution is -2.26. The van der Waals surface area contributed by atoms with Gasteiger partial charge in [-0.05, 0) is 50.5 Å². The van der Waals surface area contributed by atoms with E-state index in [0.29, 0.717) is 36.4 Å². The van der Waals surface area contributed by atoms with Gasteiger partial charge in [0.2, 0.25) is 11.7 Å². The molecular weight excluding hydrogens is 348 g/mol. The van der Waals surface area contributed by atoms with Crippen LogP contribution < -0.4 is 4.90 Å². The van der Waals surface area contributed by atoms with Crippen molar-refractivity contribution < 1.29 is 23.6 Å². The van der Waals surface area contributed by atoms with E-state index in [2.05, 4.69) is 5.16 Å². The number of hydrogen-bond donors (Lipinski definition) is 0. The summed E-state index contributed by atoms with van der Waals surface area (Å²) >= 11 is 0. The Balaban J connectivity index is 1.75. The van der Waals surface area contributed by atoms with E-state index < -0.39 is 12.1 Å². The van der Waals surface area contributed by atoms with Gasteiger partial charge < -0.3 is 14.2 Å². The predicted molar refractivity (Wildman–Crippen MR) is 98.0 cm³/mol. The number of fused-ring (bicyclic) bond motifs is 1. The summed E-state index contributed by atoms with van der Waals surface area (Å²) in [4.78, 5) is 38.5. The van der Waals surface area contributed by atoms with Gasteiger partial charge in [-0.1, -0.05) is 12.1 Å². The Morgan fingerprint density at radius 2 is 2.07 bits per heavy atom. The lowest BCUT2D eigenvalue weighted by Gasteiger charge is -2.16. The van der Waals surface area contributed by atoms with E-state index in [-0.39, 0.29) is 17.3 Å². The molecule has 142 valence electrons. The summed E-state index contributed by atoms with van der Waals surface area (Å²) in [7, 11) is 0. The number of benzene rings is 1. The average molecular weight is 370 g/mol. The number of aromatic nitrogens is 1. The van der Waals surface area contributed by atoms with Gasteiger partial charge in [-0.25, -0.2) is 4.79 Å². The molecule has 0 N–H and O–H groups in total. The molecule has 1 aromatic carbocycles. The van der Waals surface area contributed by atoms with Gasteiger partial charge in [0.15, 0.2) is 6.10 Å². The number of hydrogen-bond acceptors (Lipinski definition) is 6. The maximum Gasteiger partial charge on any atom is 0.344 e. The minimum Gasteiger partial charge on any atom is -0.451 e. The molecule has 0 saturated carbocycles. The highest BCUT2D eigenvalue weighted by Crippen LogP contribution is 2.29. The van der Waals surface area contributed by atoms with Gasteiger partial charge in [-0.2, -0.15) is 0 Å². The molecule has 27 heavy (non-hydrogen) atoms. The molecule has 0 saturated heterocycles. The fraction of sp³-hybridized carbons (Fsp3) is 0.400. The standard InChI is InChI=1S/C20H22N2O5/c1-5-16-18(11(2)27-21-16)20(25)26-12(3)19(24)15-6-7-17-14(10-15)8-9-22(17)13(4)23/h6-7,10,12H,5,8-9H2,1-4H3. The first kappa shape index (κ1) is 18.8. The summed E-state index contributed by atoms with van der Waals surface area (Å²) in [5.74, 6) is -0.556. The van der Waals surface area contributed by atoms with Gasteiger partial charge in [0, 0.05) is 24.7 Å². The Morgan fingerprint density at radius 3 is 2.74 bits per heavy atom. The van der Waals surface area contributed by atoms with Crippen molar-refractivity contribution in [1.82, 2.24) is 5.16 Å². The maximum absolute atomic E-state index is 12.7. The molecular formula is C20H22N2O5. The minimum atomic E-state index is -0.945. The molecule has 7 heteroatoms.